The first kappa shape index (κ1) is 21.2. The Kier molecular flexibility index (Phi) is 7.42. The number of aliphatic hydroxyl groups excluding tert-OH is 2. The predicted molar refractivity (Wildman–Crippen MR) is 116 cm³/mol. The molecule has 2 N–H and O–H groups in total. The third-order valence-electron chi connectivity index (χ3n) is 9.80. The van der Waals surface area contributed by atoms with Gasteiger partial charge in [0.2, 0.25) is 0 Å². The van der Waals surface area contributed by atoms with Gasteiger partial charge >= 0.3 is 0 Å². The van der Waals surface area contributed by atoms with Crippen molar-refractivity contribution in [2.45, 2.75) is 122 Å². The average molecular weight is 391 g/mol. The Hall–Kier alpha value is -0.0800. The molecule has 28 heavy (non-hydrogen) atoms. The smallest absolute Gasteiger partial charge is 0.0571 e. The molecule has 0 amide bonds. The molecule has 0 aromatic carbocycles. The molecule has 0 radical (unpaired) electrons. The lowest BCUT2D eigenvalue weighted by Gasteiger charge is -2.46. The van der Waals surface area contributed by atoms with Crippen LogP contribution in [0.3, 0.4) is 0 Å². The zero-order chi connectivity index (χ0) is 19.5. The third kappa shape index (κ3) is 4.80. The average Bonchev–Trinajstić information content (AvgIpc) is 2.75. The topological polar surface area (TPSA) is 40.5 Å². The molecule has 0 aromatic heterocycles. The molecule has 0 aliphatic heterocycles. The Morgan fingerprint density at radius 2 is 0.929 bits per heavy atom. The summed E-state index contributed by atoms with van der Waals surface area (Å²) in [6, 6.07) is 0. The summed E-state index contributed by atoms with van der Waals surface area (Å²) in [4.78, 5) is 0. The molecule has 4 saturated carbocycles. The van der Waals surface area contributed by atoms with Gasteiger partial charge in [-0.3, -0.25) is 0 Å². The SMILES string of the molecule is CC(C1CCC(O)C(C2CCCCC2)C1)C1CCC(O)C(C2CCCCC2)C1. The summed E-state index contributed by atoms with van der Waals surface area (Å²) < 4.78 is 0. The molecule has 4 aliphatic carbocycles. The maximum absolute atomic E-state index is 10.7. The molecule has 162 valence electrons. The first-order valence-electron chi connectivity index (χ1n) is 13.0. The van der Waals surface area contributed by atoms with Gasteiger partial charge in [-0.2, -0.15) is 0 Å². The van der Waals surface area contributed by atoms with Crippen LogP contribution in [-0.4, -0.2) is 22.4 Å². The van der Waals surface area contributed by atoms with Crippen LogP contribution >= 0.6 is 0 Å². The number of hydrogen-bond donors (Lipinski definition) is 2. The van der Waals surface area contributed by atoms with Gasteiger partial charge in [0.1, 0.15) is 0 Å². The zero-order valence-corrected chi connectivity index (χ0v) is 18.4. The summed E-state index contributed by atoms with van der Waals surface area (Å²) in [6.45, 7) is 2.53. The summed E-state index contributed by atoms with van der Waals surface area (Å²) in [5.41, 5.74) is 0. The van der Waals surface area contributed by atoms with Crippen LogP contribution in [0, 0.1) is 41.4 Å². The molecular formula is C26H46O2. The molecule has 4 aliphatic rings. The zero-order valence-electron chi connectivity index (χ0n) is 18.4. The van der Waals surface area contributed by atoms with Gasteiger partial charge in [-0.1, -0.05) is 71.1 Å². The highest BCUT2D eigenvalue weighted by molar-refractivity contribution is 4.92. The van der Waals surface area contributed by atoms with Gasteiger partial charge in [0.15, 0.2) is 0 Å². The van der Waals surface area contributed by atoms with Gasteiger partial charge in [0.25, 0.3) is 0 Å². The van der Waals surface area contributed by atoms with E-state index in [0.29, 0.717) is 11.8 Å². The highest BCUT2D eigenvalue weighted by atomic mass is 16.3. The number of hydrogen-bond acceptors (Lipinski definition) is 2. The Morgan fingerprint density at radius 1 is 0.536 bits per heavy atom. The van der Waals surface area contributed by atoms with Crippen molar-refractivity contribution in [3.8, 4) is 0 Å². The second-order valence-corrected chi connectivity index (χ2v) is 11.3. The minimum absolute atomic E-state index is 0.0327. The maximum Gasteiger partial charge on any atom is 0.0571 e. The Balaban J connectivity index is 1.36. The third-order valence-corrected chi connectivity index (χ3v) is 9.80. The fourth-order valence-electron chi connectivity index (χ4n) is 7.92. The van der Waals surface area contributed by atoms with Crippen LogP contribution in [0.25, 0.3) is 0 Å². The van der Waals surface area contributed by atoms with E-state index in [1.807, 2.05) is 0 Å². The molecule has 6 atom stereocenters. The fraction of sp³-hybridized carbons (Fsp3) is 1.00. The second kappa shape index (κ2) is 9.82. The first-order valence-corrected chi connectivity index (χ1v) is 13.0. The van der Waals surface area contributed by atoms with Crippen LogP contribution in [0.2, 0.25) is 0 Å². The van der Waals surface area contributed by atoms with Crippen molar-refractivity contribution in [2.24, 2.45) is 41.4 Å². The lowest BCUT2D eigenvalue weighted by molar-refractivity contribution is -0.0336. The fourth-order valence-corrected chi connectivity index (χ4v) is 7.92. The van der Waals surface area contributed by atoms with Gasteiger partial charge in [-0.15, -0.1) is 0 Å². The highest BCUT2D eigenvalue weighted by Crippen LogP contribution is 2.48. The highest BCUT2D eigenvalue weighted by Gasteiger charge is 2.42. The van der Waals surface area contributed by atoms with E-state index >= 15 is 0 Å². The van der Waals surface area contributed by atoms with Crippen molar-refractivity contribution in [1.29, 1.82) is 0 Å². The van der Waals surface area contributed by atoms with Gasteiger partial charge < -0.3 is 10.2 Å². The summed E-state index contributed by atoms with van der Waals surface area (Å²) >= 11 is 0. The van der Waals surface area contributed by atoms with Gasteiger partial charge in [-0.25, -0.2) is 0 Å². The van der Waals surface area contributed by atoms with Crippen LogP contribution in [0.1, 0.15) is 110 Å². The molecule has 0 aromatic rings. The molecule has 0 heterocycles. The van der Waals surface area contributed by atoms with Crippen LogP contribution in [0.15, 0.2) is 0 Å². The van der Waals surface area contributed by atoms with E-state index in [1.165, 1.54) is 89.9 Å². The van der Waals surface area contributed by atoms with Crippen molar-refractivity contribution in [2.75, 3.05) is 0 Å². The Bertz CT molecular complexity index is 423. The quantitative estimate of drug-likeness (QED) is 0.588. The van der Waals surface area contributed by atoms with E-state index in [1.54, 1.807) is 0 Å². The van der Waals surface area contributed by atoms with Crippen LogP contribution in [-0.2, 0) is 0 Å². The molecule has 0 saturated heterocycles. The standard InChI is InChI=1S/C26H46O2/c1-18(21-12-14-25(27)23(16-21)19-8-4-2-5-9-19)22-13-15-26(28)24(17-22)20-10-6-3-7-11-20/h18-28H,2-17H2,1H3. The monoisotopic (exact) mass is 390 g/mol. The van der Waals surface area contributed by atoms with E-state index in [2.05, 4.69) is 6.92 Å². The van der Waals surface area contributed by atoms with Crippen molar-refractivity contribution in [3.05, 3.63) is 0 Å². The van der Waals surface area contributed by atoms with E-state index in [-0.39, 0.29) is 12.2 Å². The maximum atomic E-state index is 10.7. The van der Waals surface area contributed by atoms with E-state index in [4.69, 9.17) is 0 Å². The van der Waals surface area contributed by atoms with E-state index in [9.17, 15) is 10.2 Å². The summed E-state index contributed by atoms with van der Waals surface area (Å²) in [6.07, 6.45) is 20.9. The van der Waals surface area contributed by atoms with E-state index < -0.39 is 0 Å². The molecule has 6 unspecified atom stereocenters. The normalized spacial score (nSPS) is 43.0. The van der Waals surface area contributed by atoms with Gasteiger partial charge in [-0.05, 0) is 80.0 Å². The number of rotatable bonds is 4. The van der Waals surface area contributed by atoms with Gasteiger partial charge in [0, 0.05) is 0 Å². The molecule has 4 fully saturated rings. The molecule has 0 spiro atoms. The minimum atomic E-state index is -0.0327. The van der Waals surface area contributed by atoms with Crippen LogP contribution in [0.5, 0.6) is 0 Å². The van der Waals surface area contributed by atoms with Crippen LogP contribution < -0.4 is 0 Å². The summed E-state index contributed by atoms with van der Waals surface area (Å²) in [5, 5.41) is 21.5. The van der Waals surface area contributed by atoms with Crippen molar-refractivity contribution >= 4 is 0 Å². The van der Waals surface area contributed by atoms with Crippen molar-refractivity contribution in [3.63, 3.8) is 0 Å². The largest absolute Gasteiger partial charge is 0.393 e. The molecule has 2 heteroatoms. The first-order chi connectivity index (χ1) is 13.6. The van der Waals surface area contributed by atoms with Gasteiger partial charge in [0.05, 0.1) is 12.2 Å². The molecule has 2 nitrogen and oxygen atoms in total. The minimum Gasteiger partial charge on any atom is -0.393 e. The lowest BCUT2D eigenvalue weighted by atomic mass is 9.61. The van der Waals surface area contributed by atoms with Crippen LogP contribution in [0.4, 0.5) is 0 Å². The van der Waals surface area contributed by atoms with Crippen molar-refractivity contribution in [1.82, 2.24) is 0 Å². The molecule has 4 rings (SSSR count). The van der Waals surface area contributed by atoms with E-state index in [0.717, 1.165) is 42.4 Å². The summed E-state index contributed by atoms with van der Waals surface area (Å²) in [7, 11) is 0. The predicted octanol–water partition coefficient (Wildman–Crippen LogP) is 6.34. The second-order valence-electron chi connectivity index (χ2n) is 11.3. The lowest BCUT2D eigenvalue weighted by Crippen LogP contribution is -2.41. The molecular weight excluding hydrogens is 344 g/mol. The number of aliphatic hydroxyl groups is 2. The Labute approximate surface area is 173 Å². The summed E-state index contributed by atoms with van der Waals surface area (Å²) in [5.74, 6) is 5.13. The Morgan fingerprint density at radius 3 is 1.32 bits per heavy atom. The van der Waals surface area contributed by atoms with Crippen molar-refractivity contribution < 1.29 is 10.2 Å². The molecule has 0 bridgehead atoms.